The Balaban J connectivity index is 1.56. The smallest absolute Gasteiger partial charge is 0.341 e. The molecule has 0 unspecified atom stereocenters. The third-order valence-corrected chi connectivity index (χ3v) is 6.29. The minimum Gasteiger partial charge on any atom is -0.462 e. The third kappa shape index (κ3) is 3.53. The molecule has 1 N–H and O–H groups in total. The lowest BCUT2D eigenvalue weighted by Crippen LogP contribution is -2.37. The molecular formula is C21H16N2O5S2. The van der Waals surface area contributed by atoms with E-state index in [-0.39, 0.29) is 23.3 Å². The van der Waals surface area contributed by atoms with Crippen molar-refractivity contribution < 1.29 is 23.9 Å². The van der Waals surface area contributed by atoms with Gasteiger partial charge in [0.1, 0.15) is 17.1 Å². The Kier molecular flexibility index (Phi) is 5.47. The van der Waals surface area contributed by atoms with Gasteiger partial charge in [-0.15, -0.1) is 22.7 Å². The van der Waals surface area contributed by atoms with Gasteiger partial charge in [0.25, 0.3) is 11.8 Å². The second-order valence-corrected chi connectivity index (χ2v) is 8.17. The van der Waals surface area contributed by atoms with E-state index in [1.807, 2.05) is 17.5 Å². The van der Waals surface area contributed by atoms with E-state index in [2.05, 4.69) is 5.32 Å². The zero-order chi connectivity index (χ0) is 21.3. The average molecular weight is 441 g/mol. The Morgan fingerprint density at radius 1 is 1.00 bits per heavy atom. The number of esters is 1. The third-order valence-electron chi connectivity index (χ3n) is 4.49. The molecule has 0 saturated carbocycles. The first-order chi connectivity index (χ1) is 14.5. The SMILES string of the molecule is CCOC(=O)c1c(-c2cccs2)csc1NC(=O)CN1C(=O)c2ccccc2C1=O. The monoisotopic (exact) mass is 440 g/mol. The molecule has 0 bridgehead atoms. The van der Waals surface area contributed by atoms with Crippen LogP contribution in [0.4, 0.5) is 5.00 Å². The Bertz CT molecular complexity index is 1120. The quantitative estimate of drug-likeness (QED) is 0.464. The molecule has 152 valence electrons. The number of benzene rings is 1. The number of nitrogens with zero attached hydrogens (tertiary/aromatic N) is 1. The van der Waals surface area contributed by atoms with Crippen LogP contribution in [0, 0.1) is 0 Å². The number of anilines is 1. The number of carbonyl (C=O) groups excluding carboxylic acids is 4. The van der Waals surface area contributed by atoms with Crippen LogP contribution in [0.15, 0.2) is 47.2 Å². The highest BCUT2D eigenvalue weighted by molar-refractivity contribution is 7.17. The van der Waals surface area contributed by atoms with Crippen molar-refractivity contribution >= 4 is 51.4 Å². The lowest BCUT2D eigenvalue weighted by atomic mass is 10.1. The standard InChI is InChI=1S/C21H16N2O5S2/c1-2-28-21(27)17-14(15-8-5-9-29-15)11-30-18(17)22-16(24)10-23-19(25)12-6-3-4-7-13(12)20(23)26/h3-9,11H,2,10H2,1H3,(H,22,24). The van der Waals surface area contributed by atoms with Gasteiger partial charge in [0.2, 0.25) is 5.91 Å². The Labute approximate surface area is 179 Å². The molecule has 1 aliphatic rings. The fourth-order valence-electron chi connectivity index (χ4n) is 3.16. The summed E-state index contributed by atoms with van der Waals surface area (Å²) in [6.07, 6.45) is 0. The van der Waals surface area contributed by atoms with Crippen molar-refractivity contribution in [2.45, 2.75) is 6.92 Å². The first-order valence-electron chi connectivity index (χ1n) is 9.08. The van der Waals surface area contributed by atoms with E-state index in [0.29, 0.717) is 10.6 Å². The molecule has 0 atom stereocenters. The number of hydrogen-bond donors (Lipinski definition) is 1. The first-order valence-corrected chi connectivity index (χ1v) is 10.8. The first kappa shape index (κ1) is 20.0. The summed E-state index contributed by atoms with van der Waals surface area (Å²) in [6, 6.07) is 10.2. The number of amides is 3. The van der Waals surface area contributed by atoms with E-state index in [0.717, 1.165) is 9.78 Å². The van der Waals surface area contributed by atoms with Gasteiger partial charge in [-0.05, 0) is 30.5 Å². The predicted octanol–water partition coefficient (Wildman–Crippen LogP) is 3.89. The van der Waals surface area contributed by atoms with Crippen LogP contribution in [-0.2, 0) is 9.53 Å². The van der Waals surface area contributed by atoms with Crippen molar-refractivity contribution in [3.8, 4) is 10.4 Å². The van der Waals surface area contributed by atoms with Crippen molar-refractivity contribution in [2.24, 2.45) is 0 Å². The minimum atomic E-state index is -0.574. The van der Waals surface area contributed by atoms with Crippen molar-refractivity contribution in [2.75, 3.05) is 18.5 Å². The van der Waals surface area contributed by atoms with Crippen LogP contribution >= 0.6 is 22.7 Å². The highest BCUT2D eigenvalue weighted by Gasteiger charge is 2.36. The minimum absolute atomic E-state index is 0.195. The maximum atomic E-state index is 12.6. The number of ether oxygens (including phenoxy) is 1. The molecule has 1 aliphatic heterocycles. The highest BCUT2D eigenvalue weighted by atomic mass is 32.1. The molecule has 1 aromatic carbocycles. The van der Waals surface area contributed by atoms with Gasteiger partial charge in [-0.25, -0.2) is 4.79 Å². The molecule has 0 spiro atoms. The fraction of sp³-hybridized carbons (Fsp3) is 0.143. The molecule has 3 amide bonds. The average Bonchev–Trinajstić information content (AvgIpc) is 3.45. The fourth-order valence-corrected chi connectivity index (χ4v) is 4.95. The number of carbonyl (C=O) groups is 4. The van der Waals surface area contributed by atoms with Gasteiger partial charge in [-0.3, -0.25) is 19.3 Å². The van der Waals surface area contributed by atoms with Crippen molar-refractivity contribution in [3.63, 3.8) is 0 Å². The molecule has 3 heterocycles. The highest BCUT2D eigenvalue weighted by Crippen LogP contribution is 2.38. The van der Waals surface area contributed by atoms with Crippen molar-refractivity contribution in [3.05, 3.63) is 63.8 Å². The second kappa shape index (κ2) is 8.21. The largest absolute Gasteiger partial charge is 0.462 e. The van der Waals surface area contributed by atoms with Gasteiger partial charge in [0.05, 0.1) is 17.7 Å². The van der Waals surface area contributed by atoms with E-state index in [9.17, 15) is 19.2 Å². The summed E-state index contributed by atoms with van der Waals surface area (Å²) in [6.45, 7) is 1.46. The van der Waals surface area contributed by atoms with E-state index in [1.54, 1.807) is 36.6 Å². The molecule has 0 fully saturated rings. The van der Waals surface area contributed by atoms with Gasteiger partial charge < -0.3 is 10.1 Å². The molecule has 3 aromatic rings. The summed E-state index contributed by atoms with van der Waals surface area (Å²) >= 11 is 2.66. The molecule has 4 rings (SSSR count). The maximum absolute atomic E-state index is 12.6. The molecule has 2 aromatic heterocycles. The molecule has 7 nitrogen and oxygen atoms in total. The number of imide groups is 1. The number of thiophene rings is 2. The number of hydrogen-bond acceptors (Lipinski definition) is 7. The molecule has 0 radical (unpaired) electrons. The maximum Gasteiger partial charge on any atom is 0.341 e. The van der Waals surface area contributed by atoms with Gasteiger partial charge in [-0.1, -0.05) is 18.2 Å². The van der Waals surface area contributed by atoms with Crippen LogP contribution < -0.4 is 5.32 Å². The number of fused-ring (bicyclic) bond motifs is 1. The van der Waals surface area contributed by atoms with Crippen LogP contribution in [0.2, 0.25) is 0 Å². The van der Waals surface area contributed by atoms with E-state index in [4.69, 9.17) is 4.74 Å². The van der Waals surface area contributed by atoms with Crippen molar-refractivity contribution in [1.29, 1.82) is 0 Å². The summed E-state index contributed by atoms with van der Waals surface area (Å²) in [5, 5.41) is 6.65. The van der Waals surface area contributed by atoms with Gasteiger partial charge in [0, 0.05) is 15.8 Å². The normalized spacial score (nSPS) is 12.8. The molecule has 0 saturated heterocycles. The summed E-state index contributed by atoms with van der Waals surface area (Å²) in [5.41, 5.74) is 1.49. The molecule has 30 heavy (non-hydrogen) atoms. The number of rotatable bonds is 6. The van der Waals surface area contributed by atoms with Crippen LogP contribution in [0.5, 0.6) is 0 Å². The summed E-state index contributed by atoms with van der Waals surface area (Å²) < 4.78 is 5.16. The van der Waals surface area contributed by atoms with Gasteiger partial charge in [-0.2, -0.15) is 0 Å². The second-order valence-electron chi connectivity index (χ2n) is 6.34. The van der Waals surface area contributed by atoms with Gasteiger partial charge in [0.15, 0.2) is 0 Å². The summed E-state index contributed by atoms with van der Waals surface area (Å²) in [4.78, 5) is 51.9. The lowest BCUT2D eigenvalue weighted by Gasteiger charge is -2.14. The summed E-state index contributed by atoms with van der Waals surface area (Å²) in [5.74, 6) is -2.14. The Hall–Kier alpha value is -3.30. The van der Waals surface area contributed by atoms with Crippen LogP contribution in [0.1, 0.15) is 38.0 Å². The van der Waals surface area contributed by atoms with Crippen LogP contribution in [0.3, 0.4) is 0 Å². The van der Waals surface area contributed by atoms with E-state index < -0.39 is 30.2 Å². The lowest BCUT2D eigenvalue weighted by molar-refractivity contribution is -0.116. The molecular weight excluding hydrogens is 424 g/mol. The van der Waals surface area contributed by atoms with Crippen molar-refractivity contribution in [1.82, 2.24) is 4.90 Å². The van der Waals surface area contributed by atoms with E-state index in [1.165, 1.54) is 22.7 Å². The predicted molar refractivity (Wildman–Crippen MR) is 114 cm³/mol. The van der Waals surface area contributed by atoms with E-state index >= 15 is 0 Å². The Morgan fingerprint density at radius 3 is 2.30 bits per heavy atom. The topological polar surface area (TPSA) is 92.8 Å². The van der Waals surface area contributed by atoms with Gasteiger partial charge >= 0.3 is 5.97 Å². The number of nitrogens with one attached hydrogen (secondary N) is 1. The summed E-state index contributed by atoms with van der Waals surface area (Å²) in [7, 11) is 0. The molecule has 9 heteroatoms. The zero-order valence-corrected chi connectivity index (χ0v) is 17.5. The Morgan fingerprint density at radius 2 is 1.70 bits per heavy atom. The molecule has 0 aliphatic carbocycles. The van der Waals surface area contributed by atoms with Crippen LogP contribution in [0.25, 0.3) is 10.4 Å². The van der Waals surface area contributed by atoms with Crippen LogP contribution in [-0.4, -0.2) is 41.7 Å². The zero-order valence-electron chi connectivity index (χ0n) is 15.8.